The number of nitrogens with two attached hydrogens (primary N) is 1. The minimum absolute atomic E-state index is 0.349. The third-order valence-corrected chi connectivity index (χ3v) is 2.95. The van der Waals surface area contributed by atoms with E-state index in [4.69, 9.17) is 10.8 Å². The Bertz CT molecular complexity index is 302. The van der Waals surface area contributed by atoms with Gasteiger partial charge in [0.25, 0.3) is 0 Å². The molecule has 4 N–H and O–H groups in total. The van der Waals surface area contributed by atoms with Crippen LogP contribution < -0.4 is 11.1 Å². The second-order valence-electron chi connectivity index (χ2n) is 2.41. The Morgan fingerprint density at radius 1 is 1.85 bits per heavy atom. The summed E-state index contributed by atoms with van der Waals surface area (Å²) in [5, 5.41) is 13.7. The van der Waals surface area contributed by atoms with Gasteiger partial charge in [0.15, 0.2) is 0 Å². The number of nitrogens with one attached hydrogen (secondary N) is 1. The number of aliphatic hydroxyl groups is 1. The Morgan fingerprint density at radius 2 is 2.54 bits per heavy atom. The summed E-state index contributed by atoms with van der Waals surface area (Å²) < 4.78 is 0.908. The van der Waals surface area contributed by atoms with Crippen molar-refractivity contribution in [2.45, 2.75) is 6.04 Å². The molecule has 1 unspecified atom stereocenters. The lowest BCUT2D eigenvalue weighted by atomic mass is 10.3. The second kappa shape index (κ2) is 4.71. The molecule has 72 valence electrons. The number of rotatable bonds is 3. The lowest BCUT2D eigenvalue weighted by molar-refractivity contribution is -0.118. The van der Waals surface area contributed by atoms with Gasteiger partial charge in [0.1, 0.15) is 6.04 Å². The monoisotopic (exact) mass is 264 g/mol. The van der Waals surface area contributed by atoms with E-state index in [2.05, 4.69) is 21.2 Å². The van der Waals surface area contributed by atoms with Gasteiger partial charge in [0.2, 0.25) is 5.91 Å². The summed E-state index contributed by atoms with van der Waals surface area (Å²) in [6, 6.07) is 0.910. The van der Waals surface area contributed by atoms with Crippen LogP contribution in [0, 0.1) is 0 Å². The van der Waals surface area contributed by atoms with E-state index in [1.165, 1.54) is 11.3 Å². The second-order valence-corrected chi connectivity index (χ2v) is 4.23. The number of carbonyl (C=O) groups is 1. The molecule has 6 heteroatoms. The Hall–Kier alpha value is -0.430. The van der Waals surface area contributed by atoms with Gasteiger partial charge in [0, 0.05) is 9.85 Å². The molecule has 4 nitrogen and oxygen atoms in total. The molecule has 0 aliphatic carbocycles. The van der Waals surface area contributed by atoms with E-state index in [0.717, 1.165) is 4.47 Å². The van der Waals surface area contributed by atoms with Crippen molar-refractivity contribution in [1.29, 1.82) is 0 Å². The number of anilines is 1. The van der Waals surface area contributed by atoms with Crippen LogP contribution in [-0.4, -0.2) is 23.7 Å². The first-order chi connectivity index (χ1) is 6.13. The SMILES string of the molecule is NC(CO)C(=O)Nc1cc(Br)cs1. The lowest BCUT2D eigenvalue weighted by Crippen LogP contribution is -2.38. The first-order valence-corrected chi connectivity index (χ1v) is 5.22. The van der Waals surface area contributed by atoms with Crippen LogP contribution in [0.5, 0.6) is 0 Å². The Labute approximate surface area is 87.9 Å². The number of carbonyl (C=O) groups excluding carboxylic acids is 1. The number of hydrogen-bond acceptors (Lipinski definition) is 4. The van der Waals surface area contributed by atoms with Crippen molar-refractivity contribution in [3.8, 4) is 0 Å². The lowest BCUT2D eigenvalue weighted by Gasteiger charge is -2.06. The average molecular weight is 265 g/mol. The highest BCUT2D eigenvalue weighted by Gasteiger charge is 2.12. The van der Waals surface area contributed by atoms with E-state index in [9.17, 15) is 4.79 Å². The van der Waals surface area contributed by atoms with Crippen LogP contribution in [0.3, 0.4) is 0 Å². The number of halogens is 1. The number of hydrogen-bond donors (Lipinski definition) is 3. The molecule has 1 aromatic heterocycles. The number of amides is 1. The molecule has 0 aliphatic rings. The largest absolute Gasteiger partial charge is 0.394 e. The molecule has 0 fully saturated rings. The maximum atomic E-state index is 11.1. The molecule has 0 saturated carbocycles. The van der Waals surface area contributed by atoms with Crippen molar-refractivity contribution in [2.75, 3.05) is 11.9 Å². The summed E-state index contributed by atoms with van der Waals surface area (Å²) in [7, 11) is 0. The van der Waals surface area contributed by atoms with Gasteiger partial charge >= 0.3 is 0 Å². The van der Waals surface area contributed by atoms with E-state index >= 15 is 0 Å². The van der Waals surface area contributed by atoms with Crippen molar-refractivity contribution >= 4 is 38.2 Å². The summed E-state index contributed by atoms with van der Waals surface area (Å²) in [5.41, 5.74) is 5.30. The molecule has 1 amide bonds. The zero-order valence-corrected chi connectivity index (χ0v) is 9.06. The van der Waals surface area contributed by atoms with Crippen molar-refractivity contribution < 1.29 is 9.90 Å². The molecule has 0 aliphatic heterocycles. The first-order valence-electron chi connectivity index (χ1n) is 3.55. The third kappa shape index (κ3) is 3.07. The number of aliphatic hydroxyl groups excluding tert-OH is 1. The van der Waals surface area contributed by atoms with Gasteiger partial charge in [-0.3, -0.25) is 4.79 Å². The molecule has 0 bridgehead atoms. The van der Waals surface area contributed by atoms with Gasteiger partial charge < -0.3 is 16.2 Å². The highest BCUT2D eigenvalue weighted by molar-refractivity contribution is 9.10. The van der Waals surface area contributed by atoms with Crippen molar-refractivity contribution in [1.82, 2.24) is 0 Å². The highest BCUT2D eigenvalue weighted by Crippen LogP contribution is 2.24. The van der Waals surface area contributed by atoms with Gasteiger partial charge in [-0.15, -0.1) is 11.3 Å². The van der Waals surface area contributed by atoms with E-state index in [1.54, 1.807) is 6.07 Å². The molecule has 0 radical (unpaired) electrons. The zero-order chi connectivity index (χ0) is 9.84. The normalized spacial score (nSPS) is 12.5. The van der Waals surface area contributed by atoms with Crippen LogP contribution in [0.4, 0.5) is 5.00 Å². The van der Waals surface area contributed by atoms with Crippen molar-refractivity contribution in [3.63, 3.8) is 0 Å². The summed E-state index contributed by atoms with van der Waals surface area (Å²) in [4.78, 5) is 11.1. The molecular formula is C7H9BrN2O2S. The fourth-order valence-electron chi connectivity index (χ4n) is 0.676. The zero-order valence-electron chi connectivity index (χ0n) is 6.66. The maximum absolute atomic E-state index is 11.1. The van der Waals surface area contributed by atoms with Crippen LogP contribution in [-0.2, 0) is 4.79 Å². The fourth-order valence-corrected chi connectivity index (χ4v) is 2.00. The van der Waals surface area contributed by atoms with Gasteiger partial charge in [-0.1, -0.05) is 0 Å². The maximum Gasteiger partial charge on any atom is 0.244 e. The van der Waals surface area contributed by atoms with Gasteiger partial charge in [-0.25, -0.2) is 0 Å². The Morgan fingerprint density at radius 3 is 3.00 bits per heavy atom. The van der Waals surface area contributed by atoms with Crippen LogP contribution >= 0.6 is 27.3 Å². The molecule has 1 aromatic rings. The van der Waals surface area contributed by atoms with Crippen molar-refractivity contribution in [3.05, 3.63) is 15.9 Å². The predicted octanol–water partition coefficient (Wildman–Crippen LogP) is 0.769. The standard InChI is InChI=1S/C7H9BrN2O2S/c8-4-1-6(13-3-4)10-7(12)5(9)2-11/h1,3,5,11H,2,9H2,(H,10,12). The van der Waals surface area contributed by atoms with E-state index in [0.29, 0.717) is 5.00 Å². The Balaban J connectivity index is 2.54. The molecule has 0 aromatic carbocycles. The van der Waals surface area contributed by atoms with Crippen LogP contribution in [0.15, 0.2) is 15.9 Å². The summed E-state index contributed by atoms with van der Waals surface area (Å²) >= 11 is 4.64. The van der Waals surface area contributed by atoms with E-state index < -0.39 is 6.04 Å². The highest BCUT2D eigenvalue weighted by atomic mass is 79.9. The summed E-state index contributed by atoms with van der Waals surface area (Å²) in [6.07, 6.45) is 0. The summed E-state index contributed by atoms with van der Waals surface area (Å²) in [6.45, 7) is -0.349. The Kier molecular flexibility index (Phi) is 3.86. The fraction of sp³-hybridized carbons (Fsp3) is 0.286. The molecular weight excluding hydrogens is 256 g/mol. The smallest absolute Gasteiger partial charge is 0.244 e. The van der Waals surface area contributed by atoms with Crippen LogP contribution in [0.2, 0.25) is 0 Å². The molecule has 0 spiro atoms. The van der Waals surface area contributed by atoms with Gasteiger partial charge in [-0.05, 0) is 22.0 Å². The average Bonchev–Trinajstić information content (AvgIpc) is 2.49. The van der Waals surface area contributed by atoms with E-state index in [-0.39, 0.29) is 12.5 Å². The predicted molar refractivity (Wildman–Crippen MR) is 55.7 cm³/mol. The topological polar surface area (TPSA) is 75.3 Å². The first kappa shape index (κ1) is 10.6. The van der Waals surface area contributed by atoms with Crippen molar-refractivity contribution in [2.24, 2.45) is 5.73 Å². The molecule has 1 rings (SSSR count). The quantitative estimate of drug-likeness (QED) is 0.755. The molecule has 0 saturated heterocycles. The van der Waals surface area contributed by atoms with Gasteiger partial charge in [-0.2, -0.15) is 0 Å². The third-order valence-electron chi connectivity index (χ3n) is 1.35. The molecule has 1 heterocycles. The van der Waals surface area contributed by atoms with Crippen LogP contribution in [0.1, 0.15) is 0 Å². The minimum Gasteiger partial charge on any atom is -0.394 e. The summed E-state index contributed by atoms with van der Waals surface area (Å²) in [5.74, 6) is -0.378. The van der Waals surface area contributed by atoms with E-state index in [1.807, 2.05) is 5.38 Å². The minimum atomic E-state index is -0.860. The van der Waals surface area contributed by atoms with Gasteiger partial charge in [0.05, 0.1) is 11.6 Å². The van der Waals surface area contributed by atoms with Crippen LogP contribution in [0.25, 0.3) is 0 Å². The number of thiophene rings is 1. The molecule has 1 atom stereocenters. The molecule has 13 heavy (non-hydrogen) atoms.